The second-order valence-corrected chi connectivity index (χ2v) is 5.31. The van der Waals surface area contributed by atoms with Gasteiger partial charge in [0.15, 0.2) is 0 Å². The molecule has 3 nitrogen and oxygen atoms in total. The molecule has 0 radical (unpaired) electrons. The fourth-order valence-electron chi connectivity index (χ4n) is 1.99. The molecule has 0 saturated heterocycles. The lowest BCUT2D eigenvalue weighted by molar-refractivity contribution is -0.121. The molecule has 0 aliphatic rings. The zero-order valence-electron chi connectivity index (χ0n) is 12.6. The van der Waals surface area contributed by atoms with Crippen molar-refractivity contribution in [2.75, 3.05) is 11.9 Å². The van der Waals surface area contributed by atoms with E-state index in [4.69, 9.17) is 0 Å². The summed E-state index contributed by atoms with van der Waals surface area (Å²) < 4.78 is 0. The first-order chi connectivity index (χ1) is 10.1. The Bertz CT molecular complexity index is 573. The second-order valence-electron chi connectivity index (χ2n) is 5.31. The van der Waals surface area contributed by atoms with Gasteiger partial charge in [0.25, 0.3) is 0 Å². The fraction of sp³-hybridized carbons (Fsp3) is 0.278. The molecule has 2 rings (SSSR count). The lowest BCUT2D eigenvalue weighted by Crippen LogP contribution is -2.24. The Labute approximate surface area is 126 Å². The maximum Gasteiger partial charge on any atom is 0.222 e. The monoisotopic (exact) mass is 282 g/mol. The Hall–Kier alpha value is -2.29. The average Bonchev–Trinajstić information content (AvgIpc) is 2.49. The average molecular weight is 282 g/mol. The van der Waals surface area contributed by atoms with Gasteiger partial charge < -0.3 is 10.6 Å². The van der Waals surface area contributed by atoms with Crippen LogP contribution in [0.5, 0.6) is 0 Å². The van der Waals surface area contributed by atoms with Crippen LogP contribution in [-0.2, 0) is 11.3 Å². The summed E-state index contributed by atoms with van der Waals surface area (Å²) in [5, 5.41) is 6.18. The molecular formula is C18H22N2O. The van der Waals surface area contributed by atoms with E-state index in [9.17, 15) is 4.79 Å². The molecule has 2 aromatic rings. The first-order valence-electron chi connectivity index (χ1n) is 7.26. The summed E-state index contributed by atoms with van der Waals surface area (Å²) in [5.41, 5.74) is 4.64. The predicted molar refractivity (Wildman–Crippen MR) is 87.3 cm³/mol. The maximum absolute atomic E-state index is 11.8. The fourth-order valence-corrected chi connectivity index (χ4v) is 1.99. The number of carbonyl (C=O) groups excluding carboxylic acids is 1. The molecule has 0 unspecified atom stereocenters. The molecule has 0 aliphatic carbocycles. The summed E-state index contributed by atoms with van der Waals surface area (Å²) >= 11 is 0. The number of aryl methyl sites for hydroxylation is 2. The van der Waals surface area contributed by atoms with Crippen molar-refractivity contribution in [3.63, 3.8) is 0 Å². The minimum absolute atomic E-state index is 0.0650. The third-order valence-corrected chi connectivity index (χ3v) is 3.34. The molecule has 3 heteroatoms. The summed E-state index contributed by atoms with van der Waals surface area (Å²) in [6.07, 6.45) is 0.472. The van der Waals surface area contributed by atoms with E-state index in [-0.39, 0.29) is 5.91 Å². The standard InChI is InChI=1S/C18H22N2O/c1-14-3-7-16(8-4-14)13-20-18(21)11-12-19-17-9-5-15(2)6-10-17/h3-10,19H,11-13H2,1-2H3,(H,20,21). The smallest absolute Gasteiger partial charge is 0.222 e. The number of rotatable bonds is 6. The molecule has 110 valence electrons. The predicted octanol–water partition coefficient (Wildman–Crippen LogP) is 3.42. The minimum Gasteiger partial charge on any atom is -0.385 e. The van der Waals surface area contributed by atoms with Crippen LogP contribution >= 0.6 is 0 Å². The van der Waals surface area contributed by atoms with E-state index < -0.39 is 0 Å². The van der Waals surface area contributed by atoms with Crippen LogP contribution in [0.4, 0.5) is 5.69 Å². The molecular weight excluding hydrogens is 260 g/mol. The lowest BCUT2D eigenvalue weighted by Gasteiger charge is -2.08. The highest BCUT2D eigenvalue weighted by Gasteiger charge is 2.01. The Morgan fingerprint density at radius 1 is 0.905 bits per heavy atom. The van der Waals surface area contributed by atoms with Gasteiger partial charge in [-0.3, -0.25) is 4.79 Å². The van der Waals surface area contributed by atoms with Crippen LogP contribution in [-0.4, -0.2) is 12.5 Å². The van der Waals surface area contributed by atoms with Crippen LogP contribution in [0.2, 0.25) is 0 Å². The van der Waals surface area contributed by atoms with Gasteiger partial charge in [-0.15, -0.1) is 0 Å². The molecule has 0 spiro atoms. The van der Waals surface area contributed by atoms with Crippen LogP contribution in [0.15, 0.2) is 48.5 Å². The van der Waals surface area contributed by atoms with Gasteiger partial charge in [0.05, 0.1) is 0 Å². The van der Waals surface area contributed by atoms with Gasteiger partial charge in [-0.25, -0.2) is 0 Å². The van der Waals surface area contributed by atoms with E-state index >= 15 is 0 Å². The van der Waals surface area contributed by atoms with Gasteiger partial charge in [0.1, 0.15) is 0 Å². The highest BCUT2D eigenvalue weighted by Crippen LogP contribution is 2.08. The molecule has 2 aromatic carbocycles. The van der Waals surface area contributed by atoms with Gasteiger partial charge in [0.2, 0.25) is 5.91 Å². The highest BCUT2D eigenvalue weighted by atomic mass is 16.1. The molecule has 21 heavy (non-hydrogen) atoms. The summed E-state index contributed by atoms with van der Waals surface area (Å²) in [6.45, 7) is 5.34. The number of nitrogens with one attached hydrogen (secondary N) is 2. The van der Waals surface area contributed by atoms with Crippen molar-refractivity contribution in [1.82, 2.24) is 5.32 Å². The molecule has 0 heterocycles. The molecule has 0 aromatic heterocycles. The number of hydrogen-bond donors (Lipinski definition) is 2. The number of hydrogen-bond acceptors (Lipinski definition) is 2. The summed E-state index contributed by atoms with van der Waals surface area (Å²) in [5.74, 6) is 0.0650. The van der Waals surface area contributed by atoms with Crippen LogP contribution in [0, 0.1) is 13.8 Å². The number of amides is 1. The van der Waals surface area contributed by atoms with Crippen molar-refractivity contribution < 1.29 is 4.79 Å². The normalized spacial score (nSPS) is 10.2. The van der Waals surface area contributed by atoms with E-state index in [1.165, 1.54) is 11.1 Å². The Kier molecular flexibility index (Phi) is 5.38. The molecule has 0 atom stereocenters. The van der Waals surface area contributed by atoms with E-state index in [1.807, 2.05) is 24.3 Å². The van der Waals surface area contributed by atoms with Crippen molar-refractivity contribution in [3.8, 4) is 0 Å². The van der Waals surface area contributed by atoms with E-state index in [1.54, 1.807) is 0 Å². The van der Waals surface area contributed by atoms with Crippen molar-refractivity contribution in [1.29, 1.82) is 0 Å². The Morgan fingerprint density at radius 3 is 2.10 bits per heavy atom. The Morgan fingerprint density at radius 2 is 1.48 bits per heavy atom. The van der Waals surface area contributed by atoms with Crippen LogP contribution in [0.1, 0.15) is 23.1 Å². The lowest BCUT2D eigenvalue weighted by atomic mass is 10.1. The molecule has 1 amide bonds. The first-order valence-corrected chi connectivity index (χ1v) is 7.26. The number of anilines is 1. The zero-order chi connectivity index (χ0) is 15.1. The third-order valence-electron chi connectivity index (χ3n) is 3.34. The first kappa shape index (κ1) is 15.1. The summed E-state index contributed by atoms with van der Waals surface area (Å²) in [4.78, 5) is 11.8. The SMILES string of the molecule is Cc1ccc(CNC(=O)CCNc2ccc(C)cc2)cc1. The van der Waals surface area contributed by atoms with Crippen molar-refractivity contribution in [2.24, 2.45) is 0 Å². The molecule has 2 N–H and O–H groups in total. The van der Waals surface area contributed by atoms with Crippen LogP contribution < -0.4 is 10.6 Å². The summed E-state index contributed by atoms with van der Waals surface area (Å²) in [6, 6.07) is 16.4. The molecule has 0 fully saturated rings. The van der Waals surface area contributed by atoms with E-state index in [2.05, 4.69) is 48.7 Å². The second kappa shape index (κ2) is 7.48. The topological polar surface area (TPSA) is 41.1 Å². The van der Waals surface area contributed by atoms with Crippen LogP contribution in [0.25, 0.3) is 0 Å². The van der Waals surface area contributed by atoms with E-state index in [0.717, 1.165) is 11.3 Å². The van der Waals surface area contributed by atoms with Gasteiger partial charge in [-0.05, 0) is 31.5 Å². The largest absolute Gasteiger partial charge is 0.385 e. The third kappa shape index (κ3) is 5.30. The molecule has 0 bridgehead atoms. The molecule has 0 aliphatic heterocycles. The molecule has 0 saturated carbocycles. The number of benzene rings is 2. The zero-order valence-corrected chi connectivity index (χ0v) is 12.6. The summed E-state index contributed by atoms with van der Waals surface area (Å²) in [7, 11) is 0. The van der Waals surface area contributed by atoms with Gasteiger partial charge in [-0.1, -0.05) is 47.5 Å². The quantitative estimate of drug-likeness (QED) is 0.852. The Balaban J connectivity index is 1.67. The number of carbonyl (C=O) groups is 1. The van der Waals surface area contributed by atoms with Gasteiger partial charge in [0, 0.05) is 25.2 Å². The van der Waals surface area contributed by atoms with Gasteiger partial charge >= 0.3 is 0 Å². The van der Waals surface area contributed by atoms with Crippen molar-refractivity contribution in [3.05, 3.63) is 65.2 Å². The van der Waals surface area contributed by atoms with Gasteiger partial charge in [-0.2, -0.15) is 0 Å². The minimum atomic E-state index is 0.0650. The van der Waals surface area contributed by atoms with Crippen molar-refractivity contribution in [2.45, 2.75) is 26.8 Å². The highest BCUT2D eigenvalue weighted by molar-refractivity contribution is 5.76. The van der Waals surface area contributed by atoms with E-state index in [0.29, 0.717) is 19.5 Å². The maximum atomic E-state index is 11.8. The van der Waals surface area contributed by atoms with Crippen molar-refractivity contribution >= 4 is 11.6 Å². The van der Waals surface area contributed by atoms with Crippen LogP contribution in [0.3, 0.4) is 0 Å².